The molecule has 0 spiro atoms. The number of hydrogen-bond acceptors (Lipinski definition) is 4. The van der Waals surface area contributed by atoms with Crippen LogP contribution in [0.4, 0.5) is 0 Å². The molecular formula is C39H50O2S2Si2. The Morgan fingerprint density at radius 2 is 0.933 bits per heavy atom. The van der Waals surface area contributed by atoms with Gasteiger partial charge in [0.05, 0.1) is 17.3 Å². The Labute approximate surface area is 283 Å². The first-order valence-corrected chi connectivity index (χ1v) is 22.3. The fourth-order valence-corrected chi connectivity index (χ4v) is 19.2. The van der Waals surface area contributed by atoms with Gasteiger partial charge in [0.1, 0.15) is 0 Å². The molecule has 1 fully saturated rings. The molecule has 0 radical (unpaired) electrons. The molecule has 2 nitrogen and oxygen atoms in total. The molecule has 0 amide bonds. The highest BCUT2D eigenvalue weighted by Gasteiger charge is 2.53. The Kier molecular flexibility index (Phi) is 11.3. The summed E-state index contributed by atoms with van der Waals surface area (Å²) in [5.74, 6) is 2.44. The van der Waals surface area contributed by atoms with Gasteiger partial charge in [-0.2, -0.15) is 0 Å². The van der Waals surface area contributed by atoms with E-state index in [1.807, 2.05) is 0 Å². The smallest absolute Gasteiger partial charge is 0.261 e. The van der Waals surface area contributed by atoms with Crippen LogP contribution in [-0.2, 0) is 8.85 Å². The Morgan fingerprint density at radius 3 is 1.29 bits per heavy atom. The van der Waals surface area contributed by atoms with E-state index >= 15 is 0 Å². The van der Waals surface area contributed by atoms with Crippen molar-refractivity contribution in [3.8, 4) is 0 Å². The van der Waals surface area contributed by atoms with Gasteiger partial charge < -0.3 is 8.85 Å². The summed E-state index contributed by atoms with van der Waals surface area (Å²) >= 11 is 4.20. The molecule has 0 bridgehead atoms. The van der Waals surface area contributed by atoms with Crippen molar-refractivity contribution < 1.29 is 8.85 Å². The normalized spacial score (nSPS) is 16.0. The maximum atomic E-state index is 7.87. The molecule has 1 aliphatic rings. The zero-order chi connectivity index (χ0) is 32.0. The van der Waals surface area contributed by atoms with E-state index in [0.717, 1.165) is 6.42 Å². The largest absolute Gasteiger partial charge is 0.405 e. The fraction of sp³-hybridized carbons (Fsp3) is 0.385. The van der Waals surface area contributed by atoms with Gasteiger partial charge in [0.15, 0.2) is 0 Å². The van der Waals surface area contributed by atoms with E-state index in [-0.39, 0.29) is 16.2 Å². The monoisotopic (exact) mass is 670 g/mol. The van der Waals surface area contributed by atoms with Gasteiger partial charge in [-0.3, -0.25) is 0 Å². The molecule has 238 valence electrons. The van der Waals surface area contributed by atoms with Crippen molar-refractivity contribution in [1.29, 1.82) is 0 Å². The molecule has 6 heteroatoms. The number of rotatable bonds is 11. The lowest BCUT2D eigenvalue weighted by molar-refractivity contribution is 0.110. The fourth-order valence-electron chi connectivity index (χ4n) is 6.96. The molecule has 1 unspecified atom stereocenters. The molecule has 1 atom stereocenters. The zero-order valence-electron chi connectivity index (χ0n) is 27.9. The van der Waals surface area contributed by atoms with Gasteiger partial charge >= 0.3 is 0 Å². The van der Waals surface area contributed by atoms with Crippen LogP contribution in [0.5, 0.6) is 0 Å². The topological polar surface area (TPSA) is 18.5 Å². The maximum Gasteiger partial charge on any atom is 0.261 e. The molecule has 1 aliphatic heterocycles. The Morgan fingerprint density at radius 1 is 0.578 bits per heavy atom. The first-order chi connectivity index (χ1) is 21.6. The van der Waals surface area contributed by atoms with Crippen LogP contribution < -0.4 is 20.7 Å². The Hall–Kier alpha value is -2.07. The minimum Gasteiger partial charge on any atom is -0.405 e. The summed E-state index contributed by atoms with van der Waals surface area (Å²) in [6.45, 7) is 14.8. The van der Waals surface area contributed by atoms with Gasteiger partial charge in [-0.15, -0.1) is 23.5 Å². The molecule has 4 aromatic rings. The predicted octanol–water partition coefficient (Wildman–Crippen LogP) is 8.09. The van der Waals surface area contributed by atoms with Crippen LogP contribution >= 0.6 is 23.5 Å². The van der Waals surface area contributed by atoms with E-state index in [1.165, 1.54) is 38.7 Å². The second-order valence-electron chi connectivity index (χ2n) is 14.1. The van der Waals surface area contributed by atoms with E-state index < -0.39 is 16.6 Å². The average Bonchev–Trinajstić information content (AvgIpc) is 3.05. The summed E-state index contributed by atoms with van der Waals surface area (Å²) in [7, 11) is -5.52. The summed E-state index contributed by atoms with van der Waals surface area (Å²) in [6.07, 6.45) is 2.20. The quantitative estimate of drug-likeness (QED) is 0.150. The lowest BCUT2D eigenvalue weighted by atomic mass is 10.2. The first-order valence-electron chi connectivity index (χ1n) is 16.3. The molecule has 5 rings (SSSR count). The van der Waals surface area contributed by atoms with Crippen LogP contribution in [0.15, 0.2) is 121 Å². The van der Waals surface area contributed by atoms with Crippen LogP contribution in [0, 0.1) is 0 Å². The van der Waals surface area contributed by atoms with Gasteiger partial charge in [-0.25, -0.2) is 0 Å². The van der Waals surface area contributed by atoms with E-state index in [0.29, 0.717) is 11.2 Å². The van der Waals surface area contributed by atoms with Crippen molar-refractivity contribution in [2.24, 2.45) is 0 Å². The highest BCUT2D eigenvalue weighted by Crippen LogP contribution is 2.42. The van der Waals surface area contributed by atoms with Crippen LogP contribution in [0.3, 0.4) is 0 Å². The predicted molar refractivity (Wildman–Crippen MR) is 204 cm³/mol. The van der Waals surface area contributed by atoms with Crippen molar-refractivity contribution in [3.05, 3.63) is 121 Å². The van der Waals surface area contributed by atoms with Gasteiger partial charge in [-0.05, 0) is 55.2 Å². The third kappa shape index (κ3) is 7.42. The molecule has 0 aliphatic carbocycles. The lowest BCUT2D eigenvalue weighted by Crippen LogP contribution is -2.69. The van der Waals surface area contributed by atoms with Crippen LogP contribution in [-0.4, -0.2) is 45.4 Å². The molecule has 1 heterocycles. The molecule has 0 aromatic heterocycles. The minimum absolute atomic E-state index is 0.0546. The van der Waals surface area contributed by atoms with Crippen LogP contribution in [0.2, 0.25) is 10.1 Å². The van der Waals surface area contributed by atoms with Crippen molar-refractivity contribution in [3.63, 3.8) is 0 Å². The SMILES string of the molecule is CC(C)(C)[Si](OCC(CC1SCCCS1)O[Si](c1ccccc1)(c1ccccc1)C(C)(C)C)(c1ccccc1)c1ccccc1. The molecule has 1 saturated heterocycles. The van der Waals surface area contributed by atoms with Crippen molar-refractivity contribution >= 4 is 60.9 Å². The van der Waals surface area contributed by atoms with Gasteiger partial charge in [-0.1, -0.05) is 163 Å². The summed E-state index contributed by atoms with van der Waals surface area (Å²) in [5.41, 5.74) is 0. The van der Waals surface area contributed by atoms with Crippen LogP contribution in [0.1, 0.15) is 54.4 Å². The van der Waals surface area contributed by atoms with E-state index in [2.05, 4.69) is 186 Å². The van der Waals surface area contributed by atoms with Crippen molar-refractivity contribution in [2.45, 2.75) is 75.1 Å². The summed E-state index contributed by atoms with van der Waals surface area (Å²) in [5, 5.41) is 5.08. The standard InChI is InChI=1S/C39H50O2S2Si2/c1-38(2,3)44(33-20-11-7-12-21-33,34-22-13-8-14-23-34)40-31-32(30-37-42-28-19-29-43-37)41-45(39(4,5)6,35-24-15-9-16-25-35)36-26-17-10-18-27-36/h7-18,20-27,32,37H,19,28-31H2,1-6H3. The third-order valence-electron chi connectivity index (χ3n) is 9.01. The first kappa shape index (κ1) is 34.3. The second-order valence-corrected chi connectivity index (χ2v) is 25.6. The Balaban J connectivity index is 1.63. The molecular weight excluding hydrogens is 621 g/mol. The lowest BCUT2D eigenvalue weighted by Gasteiger charge is -2.47. The summed E-state index contributed by atoms with van der Waals surface area (Å²) < 4.78 is 16.0. The van der Waals surface area contributed by atoms with E-state index in [1.54, 1.807) is 0 Å². The van der Waals surface area contributed by atoms with E-state index in [9.17, 15) is 0 Å². The summed E-state index contributed by atoms with van der Waals surface area (Å²) in [4.78, 5) is 0. The second kappa shape index (κ2) is 14.8. The molecule has 4 aromatic carbocycles. The van der Waals surface area contributed by atoms with Crippen LogP contribution in [0.25, 0.3) is 0 Å². The zero-order valence-corrected chi connectivity index (χ0v) is 31.5. The molecule has 45 heavy (non-hydrogen) atoms. The summed E-state index contributed by atoms with van der Waals surface area (Å²) in [6, 6.07) is 44.2. The number of thioether (sulfide) groups is 2. The van der Waals surface area contributed by atoms with Crippen molar-refractivity contribution in [2.75, 3.05) is 18.1 Å². The number of hydrogen-bond donors (Lipinski definition) is 0. The highest BCUT2D eigenvalue weighted by molar-refractivity contribution is 8.17. The molecule has 0 N–H and O–H groups in total. The Bertz CT molecular complexity index is 1370. The van der Waals surface area contributed by atoms with Gasteiger partial charge in [0.25, 0.3) is 16.6 Å². The minimum atomic E-state index is -2.78. The van der Waals surface area contributed by atoms with Gasteiger partial charge in [0.2, 0.25) is 0 Å². The van der Waals surface area contributed by atoms with E-state index in [4.69, 9.17) is 8.85 Å². The maximum absolute atomic E-state index is 7.87. The van der Waals surface area contributed by atoms with Gasteiger partial charge in [0, 0.05) is 0 Å². The third-order valence-corrected chi connectivity index (χ3v) is 22.1. The van der Waals surface area contributed by atoms with Crippen molar-refractivity contribution in [1.82, 2.24) is 0 Å². The number of benzene rings is 4. The average molecular weight is 671 g/mol. The highest BCUT2D eigenvalue weighted by atomic mass is 32.2. The molecule has 0 saturated carbocycles.